The summed E-state index contributed by atoms with van der Waals surface area (Å²) in [5, 5.41) is 11.0. The van der Waals surface area contributed by atoms with Gasteiger partial charge in [0.25, 0.3) is 5.69 Å². The molecule has 1 rings (SSSR count). The van der Waals surface area contributed by atoms with Crippen LogP contribution in [0.4, 0.5) is 11.4 Å². The number of nitrogens with zero attached hydrogens (tertiary/aromatic N) is 1. The van der Waals surface area contributed by atoms with E-state index < -0.39 is 4.92 Å². The Kier molecular flexibility index (Phi) is 4.28. The van der Waals surface area contributed by atoms with E-state index in [1.54, 1.807) is 12.2 Å². The van der Waals surface area contributed by atoms with Crippen LogP contribution in [0.15, 0.2) is 18.2 Å². The smallest absolute Gasteiger partial charge is 0.292 e. The van der Waals surface area contributed by atoms with Crippen LogP contribution >= 0.6 is 11.6 Å². The van der Waals surface area contributed by atoms with Crippen molar-refractivity contribution in [3.63, 3.8) is 0 Å². The minimum Gasteiger partial charge on any atom is -0.393 e. The Labute approximate surface area is 97.8 Å². The van der Waals surface area contributed by atoms with Gasteiger partial charge >= 0.3 is 0 Å². The molecule has 0 heterocycles. The summed E-state index contributed by atoms with van der Waals surface area (Å²) in [5.74, 6) is 0. The second-order valence-corrected chi connectivity index (χ2v) is 3.58. The second-order valence-electron chi connectivity index (χ2n) is 3.17. The standard InChI is InChI=1S/C10H12ClN3O2/c11-8-6-9(13)10(14(15)16)5-7(8)3-1-2-4-12/h1,3,5-6H,2,4,12-13H2. The van der Waals surface area contributed by atoms with Crippen molar-refractivity contribution < 1.29 is 4.92 Å². The molecule has 0 spiro atoms. The Morgan fingerprint density at radius 1 is 1.50 bits per heavy atom. The minimum absolute atomic E-state index is 0.0611. The zero-order chi connectivity index (χ0) is 12.1. The molecular formula is C10H12ClN3O2. The molecule has 1 aromatic rings. The highest BCUT2D eigenvalue weighted by Crippen LogP contribution is 2.29. The molecule has 16 heavy (non-hydrogen) atoms. The topological polar surface area (TPSA) is 95.2 Å². The summed E-state index contributed by atoms with van der Waals surface area (Å²) in [6, 6.07) is 2.73. The number of nitro groups is 1. The first kappa shape index (κ1) is 12.5. The molecule has 0 unspecified atom stereocenters. The van der Waals surface area contributed by atoms with E-state index in [9.17, 15) is 10.1 Å². The molecule has 5 nitrogen and oxygen atoms in total. The fourth-order valence-electron chi connectivity index (χ4n) is 1.19. The molecule has 6 heteroatoms. The summed E-state index contributed by atoms with van der Waals surface area (Å²) in [6.07, 6.45) is 4.19. The molecule has 0 aromatic heterocycles. The third-order valence-electron chi connectivity index (χ3n) is 1.97. The molecule has 1 aromatic carbocycles. The van der Waals surface area contributed by atoms with E-state index >= 15 is 0 Å². The van der Waals surface area contributed by atoms with Crippen LogP contribution in [-0.4, -0.2) is 11.5 Å². The summed E-state index contributed by atoms with van der Waals surface area (Å²) in [7, 11) is 0. The molecule has 4 N–H and O–H groups in total. The van der Waals surface area contributed by atoms with Crippen LogP contribution in [0.25, 0.3) is 6.08 Å². The van der Waals surface area contributed by atoms with Gasteiger partial charge < -0.3 is 11.5 Å². The minimum atomic E-state index is -0.536. The fourth-order valence-corrected chi connectivity index (χ4v) is 1.42. The molecule has 0 aliphatic heterocycles. The van der Waals surface area contributed by atoms with Gasteiger partial charge in [0.1, 0.15) is 5.69 Å². The van der Waals surface area contributed by atoms with Gasteiger partial charge in [0.15, 0.2) is 0 Å². The molecule has 0 bridgehead atoms. The van der Waals surface area contributed by atoms with Gasteiger partial charge in [-0.1, -0.05) is 23.8 Å². The van der Waals surface area contributed by atoms with Gasteiger partial charge in [0.2, 0.25) is 0 Å². The third kappa shape index (κ3) is 2.95. The molecule has 86 valence electrons. The Balaban J connectivity index is 3.09. The SMILES string of the molecule is NCCC=Cc1cc([N+](=O)[O-])c(N)cc1Cl. The average Bonchev–Trinajstić information content (AvgIpc) is 2.21. The summed E-state index contributed by atoms with van der Waals surface area (Å²) in [4.78, 5) is 10.1. The van der Waals surface area contributed by atoms with Crippen LogP contribution in [0.2, 0.25) is 5.02 Å². The Bertz CT molecular complexity index is 432. The van der Waals surface area contributed by atoms with Crippen molar-refractivity contribution in [3.05, 3.63) is 38.9 Å². The molecule has 0 saturated heterocycles. The van der Waals surface area contributed by atoms with Gasteiger partial charge in [0, 0.05) is 6.07 Å². The van der Waals surface area contributed by atoms with E-state index in [0.717, 1.165) is 0 Å². The van der Waals surface area contributed by atoms with E-state index in [0.29, 0.717) is 23.6 Å². The second kappa shape index (κ2) is 5.48. The number of anilines is 1. The van der Waals surface area contributed by atoms with Gasteiger partial charge in [-0.2, -0.15) is 0 Å². The molecule has 0 aliphatic rings. The lowest BCUT2D eigenvalue weighted by molar-refractivity contribution is -0.383. The van der Waals surface area contributed by atoms with E-state index in [1.807, 2.05) is 0 Å². The predicted octanol–water partition coefficient (Wildman–Crippen LogP) is 2.19. The van der Waals surface area contributed by atoms with Gasteiger partial charge in [-0.3, -0.25) is 10.1 Å². The fraction of sp³-hybridized carbons (Fsp3) is 0.200. The van der Waals surface area contributed by atoms with Crippen molar-refractivity contribution in [1.82, 2.24) is 0 Å². The van der Waals surface area contributed by atoms with Gasteiger partial charge in [-0.25, -0.2) is 0 Å². The van der Waals surface area contributed by atoms with Crippen molar-refractivity contribution in [2.24, 2.45) is 5.73 Å². The summed E-state index contributed by atoms with van der Waals surface area (Å²) in [6.45, 7) is 0.519. The third-order valence-corrected chi connectivity index (χ3v) is 2.30. The van der Waals surface area contributed by atoms with E-state index in [1.165, 1.54) is 12.1 Å². The molecular weight excluding hydrogens is 230 g/mol. The van der Waals surface area contributed by atoms with Gasteiger partial charge in [0.05, 0.1) is 9.95 Å². The number of nitro benzene ring substituents is 1. The number of benzene rings is 1. The van der Waals surface area contributed by atoms with Crippen LogP contribution in [0.1, 0.15) is 12.0 Å². The predicted molar refractivity (Wildman–Crippen MR) is 65.2 cm³/mol. The molecule has 0 saturated carbocycles. The quantitative estimate of drug-likeness (QED) is 0.480. The van der Waals surface area contributed by atoms with Gasteiger partial charge in [-0.15, -0.1) is 0 Å². The van der Waals surface area contributed by atoms with Crippen molar-refractivity contribution in [1.29, 1.82) is 0 Å². The molecule has 0 aliphatic carbocycles. The van der Waals surface area contributed by atoms with Crippen LogP contribution in [0, 0.1) is 10.1 Å². The normalized spacial score (nSPS) is 10.9. The van der Waals surface area contributed by atoms with Crippen LogP contribution in [-0.2, 0) is 0 Å². The summed E-state index contributed by atoms with van der Waals surface area (Å²) in [5.41, 5.74) is 11.3. The van der Waals surface area contributed by atoms with Crippen LogP contribution in [0.5, 0.6) is 0 Å². The highest BCUT2D eigenvalue weighted by molar-refractivity contribution is 6.32. The zero-order valence-corrected chi connectivity index (χ0v) is 9.28. The van der Waals surface area contributed by atoms with Gasteiger partial charge in [-0.05, 0) is 24.6 Å². The summed E-state index contributed by atoms with van der Waals surface area (Å²) >= 11 is 5.90. The number of rotatable bonds is 4. The Morgan fingerprint density at radius 3 is 2.75 bits per heavy atom. The Hall–Kier alpha value is -1.59. The maximum absolute atomic E-state index is 10.7. The van der Waals surface area contributed by atoms with Crippen molar-refractivity contribution in [2.45, 2.75) is 6.42 Å². The highest BCUT2D eigenvalue weighted by atomic mass is 35.5. The average molecular weight is 242 g/mol. The lowest BCUT2D eigenvalue weighted by atomic mass is 10.1. The number of halogens is 1. The lowest BCUT2D eigenvalue weighted by Crippen LogP contribution is -1.97. The molecule has 0 amide bonds. The van der Waals surface area contributed by atoms with Crippen molar-refractivity contribution in [2.75, 3.05) is 12.3 Å². The van der Waals surface area contributed by atoms with Crippen LogP contribution < -0.4 is 11.5 Å². The first-order valence-corrected chi connectivity index (χ1v) is 5.04. The first-order valence-electron chi connectivity index (χ1n) is 4.66. The first-order chi connectivity index (χ1) is 7.56. The largest absolute Gasteiger partial charge is 0.393 e. The highest BCUT2D eigenvalue weighted by Gasteiger charge is 2.13. The number of nitrogens with two attached hydrogens (primary N) is 2. The van der Waals surface area contributed by atoms with Crippen LogP contribution in [0.3, 0.4) is 0 Å². The lowest BCUT2D eigenvalue weighted by Gasteiger charge is -2.01. The monoisotopic (exact) mass is 241 g/mol. The van der Waals surface area contributed by atoms with Crippen molar-refractivity contribution >= 4 is 29.1 Å². The van der Waals surface area contributed by atoms with E-state index in [2.05, 4.69) is 0 Å². The molecule has 0 fully saturated rings. The van der Waals surface area contributed by atoms with Crippen molar-refractivity contribution in [3.8, 4) is 0 Å². The number of hydrogen-bond acceptors (Lipinski definition) is 4. The zero-order valence-electron chi connectivity index (χ0n) is 8.52. The number of nitrogen functional groups attached to an aromatic ring is 1. The maximum atomic E-state index is 10.7. The Morgan fingerprint density at radius 2 is 2.19 bits per heavy atom. The number of hydrogen-bond donors (Lipinski definition) is 2. The van der Waals surface area contributed by atoms with E-state index in [4.69, 9.17) is 23.1 Å². The molecule has 0 atom stereocenters. The van der Waals surface area contributed by atoms with E-state index in [-0.39, 0.29) is 11.4 Å². The molecule has 0 radical (unpaired) electrons. The maximum Gasteiger partial charge on any atom is 0.292 e. The summed E-state index contributed by atoms with van der Waals surface area (Å²) < 4.78 is 0.